The lowest BCUT2D eigenvalue weighted by Gasteiger charge is -2.19. The number of amides is 1. The quantitative estimate of drug-likeness (QED) is 0.592. The van der Waals surface area contributed by atoms with Gasteiger partial charge in [-0.05, 0) is 42.8 Å². The first-order chi connectivity index (χ1) is 15.5. The molecule has 0 atom stereocenters. The summed E-state index contributed by atoms with van der Waals surface area (Å²) in [4.78, 5) is 19.1. The van der Waals surface area contributed by atoms with Gasteiger partial charge in [-0.1, -0.05) is 6.92 Å². The number of fused-ring (bicyclic) bond motifs is 2. The van der Waals surface area contributed by atoms with E-state index in [4.69, 9.17) is 23.9 Å². The third-order valence-corrected chi connectivity index (χ3v) is 5.79. The van der Waals surface area contributed by atoms with Gasteiger partial charge in [-0.2, -0.15) is 0 Å². The van der Waals surface area contributed by atoms with Crippen LogP contribution >= 0.6 is 0 Å². The molecule has 2 heterocycles. The highest BCUT2D eigenvalue weighted by atomic mass is 16.5. The number of carbonyl (C=O) groups is 1. The molecule has 0 unspecified atom stereocenters. The minimum Gasteiger partial charge on any atom is -0.496 e. The van der Waals surface area contributed by atoms with Gasteiger partial charge in [0.2, 0.25) is 5.91 Å². The monoisotopic (exact) mass is 436 g/mol. The molecule has 2 aromatic carbocycles. The summed E-state index contributed by atoms with van der Waals surface area (Å²) in [6.45, 7) is 5.34. The Morgan fingerprint density at radius 2 is 1.78 bits per heavy atom. The van der Waals surface area contributed by atoms with Gasteiger partial charge in [0.15, 0.2) is 11.5 Å². The van der Waals surface area contributed by atoms with Crippen molar-refractivity contribution in [3.8, 4) is 34.3 Å². The second-order valence-corrected chi connectivity index (χ2v) is 7.70. The average Bonchev–Trinajstić information content (AvgIpc) is 3.04. The van der Waals surface area contributed by atoms with Crippen LogP contribution in [0, 0.1) is 6.92 Å². The highest BCUT2D eigenvalue weighted by Gasteiger charge is 2.23. The first-order valence-electron chi connectivity index (χ1n) is 10.6. The standard InChI is InChI=1S/C25H28N2O5/c1-6-22(28)27-9-10-32-25-17(14-27)12-16(13-21(25)31-5)18-11-15(2)23-19(29-3)7-8-20(30-4)24(23)26-18/h7-8,11-13H,6,9-10,14H2,1-5H3. The van der Waals surface area contributed by atoms with E-state index in [1.54, 1.807) is 21.3 Å². The number of hydrogen-bond donors (Lipinski definition) is 0. The average molecular weight is 437 g/mol. The van der Waals surface area contributed by atoms with Crippen molar-refractivity contribution in [3.05, 3.63) is 41.5 Å². The second-order valence-electron chi connectivity index (χ2n) is 7.70. The van der Waals surface area contributed by atoms with Crippen molar-refractivity contribution >= 4 is 16.8 Å². The molecule has 0 bridgehead atoms. The molecule has 0 saturated heterocycles. The lowest BCUT2D eigenvalue weighted by Crippen LogP contribution is -2.31. The van der Waals surface area contributed by atoms with Crippen LogP contribution in [0.25, 0.3) is 22.2 Å². The Kier molecular flexibility index (Phi) is 6.08. The summed E-state index contributed by atoms with van der Waals surface area (Å²) in [6.07, 6.45) is 0.458. The van der Waals surface area contributed by atoms with Gasteiger partial charge in [0.1, 0.15) is 23.6 Å². The van der Waals surface area contributed by atoms with Crippen LogP contribution in [-0.4, -0.2) is 50.3 Å². The zero-order valence-corrected chi connectivity index (χ0v) is 19.2. The number of aromatic nitrogens is 1. The minimum absolute atomic E-state index is 0.0994. The normalized spacial score (nSPS) is 13.2. The molecule has 3 aromatic rings. The summed E-state index contributed by atoms with van der Waals surface area (Å²) in [7, 11) is 4.90. The Morgan fingerprint density at radius 1 is 1.06 bits per heavy atom. The summed E-state index contributed by atoms with van der Waals surface area (Å²) in [5.74, 6) is 2.83. The zero-order chi connectivity index (χ0) is 22.8. The molecule has 4 rings (SSSR count). The summed E-state index contributed by atoms with van der Waals surface area (Å²) < 4.78 is 22.7. The van der Waals surface area contributed by atoms with E-state index in [-0.39, 0.29) is 5.91 Å². The first kappa shape index (κ1) is 21.7. The zero-order valence-electron chi connectivity index (χ0n) is 19.2. The fourth-order valence-corrected chi connectivity index (χ4v) is 4.18. The van der Waals surface area contributed by atoms with Gasteiger partial charge in [0.05, 0.1) is 33.6 Å². The van der Waals surface area contributed by atoms with Crippen molar-refractivity contribution in [1.29, 1.82) is 0 Å². The molecule has 1 aliphatic rings. The summed E-state index contributed by atoms with van der Waals surface area (Å²) in [5.41, 5.74) is 4.31. The number of ether oxygens (including phenoxy) is 4. The van der Waals surface area contributed by atoms with Gasteiger partial charge in [-0.15, -0.1) is 0 Å². The number of hydrogen-bond acceptors (Lipinski definition) is 6. The molecule has 0 spiro atoms. The van der Waals surface area contributed by atoms with Crippen molar-refractivity contribution in [3.63, 3.8) is 0 Å². The Labute approximate surface area is 187 Å². The smallest absolute Gasteiger partial charge is 0.222 e. The number of rotatable bonds is 5. The predicted octanol–water partition coefficient (Wildman–Crippen LogP) is 4.37. The van der Waals surface area contributed by atoms with Crippen LogP contribution in [0.3, 0.4) is 0 Å². The topological polar surface area (TPSA) is 70.1 Å². The van der Waals surface area contributed by atoms with Crippen molar-refractivity contribution in [2.24, 2.45) is 0 Å². The maximum Gasteiger partial charge on any atom is 0.222 e. The van der Waals surface area contributed by atoms with Crippen molar-refractivity contribution in [2.75, 3.05) is 34.5 Å². The van der Waals surface area contributed by atoms with Crippen LogP contribution in [0.2, 0.25) is 0 Å². The number of benzene rings is 2. The number of aryl methyl sites for hydroxylation is 1. The molecule has 0 aliphatic carbocycles. The van der Waals surface area contributed by atoms with Crippen molar-refractivity contribution < 1.29 is 23.7 Å². The molecule has 7 nitrogen and oxygen atoms in total. The van der Waals surface area contributed by atoms with Gasteiger partial charge in [-0.3, -0.25) is 4.79 Å². The van der Waals surface area contributed by atoms with Gasteiger partial charge < -0.3 is 23.8 Å². The Morgan fingerprint density at radius 3 is 2.47 bits per heavy atom. The molecule has 168 valence electrons. The van der Waals surface area contributed by atoms with E-state index in [1.807, 2.05) is 49.1 Å². The van der Waals surface area contributed by atoms with E-state index in [0.29, 0.717) is 43.4 Å². The Hall–Kier alpha value is -3.48. The molecule has 0 fully saturated rings. The molecular weight excluding hydrogens is 408 g/mol. The highest BCUT2D eigenvalue weighted by molar-refractivity contribution is 5.94. The molecule has 0 N–H and O–H groups in total. The van der Waals surface area contributed by atoms with Crippen LogP contribution in [0.15, 0.2) is 30.3 Å². The van der Waals surface area contributed by atoms with Gasteiger partial charge >= 0.3 is 0 Å². The largest absolute Gasteiger partial charge is 0.496 e. The third kappa shape index (κ3) is 3.79. The maximum atomic E-state index is 12.4. The summed E-state index contributed by atoms with van der Waals surface area (Å²) in [6, 6.07) is 9.72. The van der Waals surface area contributed by atoms with E-state index in [1.165, 1.54) is 0 Å². The Bertz CT molecular complexity index is 1170. The minimum atomic E-state index is 0.0994. The van der Waals surface area contributed by atoms with Crippen LogP contribution in [0.1, 0.15) is 24.5 Å². The predicted molar refractivity (Wildman–Crippen MR) is 123 cm³/mol. The number of pyridine rings is 1. The molecule has 0 radical (unpaired) electrons. The van der Waals surface area contributed by atoms with Crippen molar-refractivity contribution in [2.45, 2.75) is 26.8 Å². The van der Waals surface area contributed by atoms with Crippen LogP contribution in [0.5, 0.6) is 23.0 Å². The highest BCUT2D eigenvalue weighted by Crippen LogP contribution is 2.40. The first-order valence-corrected chi connectivity index (χ1v) is 10.6. The number of nitrogens with zero attached hydrogens (tertiary/aromatic N) is 2. The summed E-state index contributed by atoms with van der Waals surface area (Å²) in [5, 5.41) is 0.917. The number of methoxy groups -OCH3 is 3. The molecular formula is C25H28N2O5. The maximum absolute atomic E-state index is 12.4. The van der Waals surface area contributed by atoms with Gasteiger partial charge in [-0.25, -0.2) is 4.98 Å². The molecule has 7 heteroatoms. The van der Waals surface area contributed by atoms with E-state index in [9.17, 15) is 4.79 Å². The Balaban J connectivity index is 1.89. The molecule has 1 aliphatic heterocycles. The molecule has 1 aromatic heterocycles. The molecule has 1 amide bonds. The summed E-state index contributed by atoms with van der Waals surface area (Å²) >= 11 is 0. The lowest BCUT2D eigenvalue weighted by atomic mass is 10.0. The third-order valence-electron chi connectivity index (χ3n) is 5.79. The van der Waals surface area contributed by atoms with E-state index in [0.717, 1.165) is 39.0 Å². The SMILES string of the molecule is CCC(=O)N1CCOc2c(cc(-c3cc(C)c4c(OC)ccc(OC)c4n3)cc2OC)C1. The van der Waals surface area contributed by atoms with Gasteiger partial charge in [0.25, 0.3) is 0 Å². The number of carbonyl (C=O) groups excluding carboxylic acids is 1. The van der Waals surface area contributed by atoms with E-state index < -0.39 is 0 Å². The molecule has 32 heavy (non-hydrogen) atoms. The lowest BCUT2D eigenvalue weighted by molar-refractivity contribution is -0.131. The van der Waals surface area contributed by atoms with E-state index in [2.05, 4.69) is 0 Å². The van der Waals surface area contributed by atoms with Gasteiger partial charge in [0, 0.05) is 29.5 Å². The molecule has 0 saturated carbocycles. The van der Waals surface area contributed by atoms with E-state index >= 15 is 0 Å². The van der Waals surface area contributed by atoms with Crippen LogP contribution in [0.4, 0.5) is 0 Å². The fourth-order valence-electron chi connectivity index (χ4n) is 4.18. The fraction of sp³-hybridized carbons (Fsp3) is 0.360. The van der Waals surface area contributed by atoms with Crippen molar-refractivity contribution in [1.82, 2.24) is 9.88 Å². The van der Waals surface area contributed by atoms with Crippen LogP contribution < -0.4 is 18.9 Å². The van der Waals surface area contributed by atoms with Crippen LogP contribution in [-0.2, 0) is 11.3 Å². The second kappa shape index (κ2) is 8.94.